The van der Waals surface area contributed by atoms with E-state index in [4.69, 9.17) is 0 Å². The van der Waals surface area contributed by atoms with Crippen molar-refractivity contribution in [1.82, 2.24) is 24.5 Å². The fourth-order valence-corrected chi connectivity index (χ4v) is 3.66. The number of likely N-dealkylation sites (tertiary alicyclic amines) is 2. The molecule has 0 bridgehead atoms. The van der Waals surface area contributed by atoms with Crippen LogP contribution in [0.25, 0.3) is 0 Å². The first kappa shape index (κ1) is 14.5. The lowest BCUT2D eigenvalue weighted by Gasteiger charge is -2.25. The SMILES string of the molecule is CN(C)C(=O)CN1CC[C@H]2[C@H]1CCN2Cc1cnn(C)c1. The molecule has 2 atom stereocenters. The van der Waals surface area contributed by atoms with Gasteiger partial charge < -0.3 is 4.90 Å². The average Bonchev–Trinajstić information content (AvgIpc) is 3.10. The molecule has 0 spiro atoms. The summed E-state index contributed by atoms with van der Waals surface area (Å²) in [6.45, 7) is 3.70. The molecule has 0 aliphatic carbocycles. The van der Waals surface area contributed by atoms with Gasteiger partial charge in [-0.3, -0.25) is 19.3 Å². The summed E-state index contributed by atoms with van der Waals surface area (Å²) >= 11 is 0. The Bertz CT molecular complexity index is 512. The highest BCUT2D eigenvalue weighted by Gasteiger charge is 2.42. The molecule has 0 N–H and O–H groups in total. The van der Waals surface area contributed by atoms with E-state index in [9.17, 15) is 4.79 Å². The minimum Gasteiger partial charge on any atom is -0.348 e. The van der Waals surface area contributed by atoms with Crippen molar-refractivity contribution in [2.45, 2.75) is 31.5 Å². The van der Waals surface area contributed by atoms with Crippen molar-refractivity contribution < 1.29 is 4.79 Å². The monoisotopic (exact) mass is 291 g/mol. The third kappa shape index (κ3) is 2.96. The molecule has 0 radical (unpaired) electrons. The second-order valence-electron chi connectivity index (χ2n) is 6.46. The molecule has 1 amide bonds. The molecule has 0 saturated carbocycles. The molecule has 116 valence electrons. The van der Waals surface area contributed by atoms with E-state index in [1.165, 1.54) is 18.4 Å². The molecule has 1 aromatic heterocycles. The molecule has 6 nitrogen and oxygen atoms in total. The Hall–Kier alpha value is -1.40. The van der Waals surface area contributed by atoms with Crippen LogP contribution in [0.15, 0.2) is 12.4 Å². The van der Waals surface area contributed by atoms with Gasteiger partial charge in [-0.1, -0.05) is 0 Å². The number of carbonyl (C=O) groups excluding carboxylic acids is 1. The van der Waals surface area contributed by atoms with Gasteiger partial charge in [-0.05, 0) is 12.8 Å². The van der Waals surface area contributed by atoms with Crippen molar-refractivity contribution >= 4 is 5.91 Å². The van der Waals surface area contributed by atoms with Gasteiger partial charge in [-0.15, -0.1) is 0 Å². The van der Waals surface area contributed by atoms with Crippen molar-refractivity contribution in [2.75, 3.05) is 33.7 Å². The van der Waals surface area contributed by atoms with Crippen LogP contribution in [0.4, 0.5) is 0 Å². The molecule has 2 fully saturated rings. The first-order valence-corrected chi connectivity index (χ1v) is 7.70. The molecule has 6 heteroatoms. The maximum Gasteiger partial charge on any atom is 0.236 e. The first-order valence-electron chi connectivity index (χ1n) is 7.70. The molecule has 3 heterocycles. The predicted octanol–water partition coefficient (Wildman–Crippen LogP) is 0.157. The number of hydrogen-bond donors (Lipinski definition) is 0. The fraction of sp³-hybridized carbons (Fsp3) is 0.733. The quantitative estimate of drug-likeness (QED) is 0.792. The molecule has 2 saturated heterocycles. The van der Waals surface area contributed by atoms with Crippen LogP contribution < -0.4 is 0 Å². The van der Waals surface area contributed by atoms with Gasteiger partial charge in [-0.25, -0.2) is 0 Å². The summed E-state index contributed by atoms with van der Waals surface area (Å²) in [6, 6.07) is 1.14. The van der Waals surface area contributed by atoms with Crippen LogP contribution in [0.5, 0.6) is 0 Å². The summed E-state index contributed by atoms with van der Waals surface area (Å²) < 4.78 is 1.86. The summed E-state index contributed by atoms with van der Waals surface area (Å²) in [5.41, 5.74) is 1.28. The van der Waals surface area contributed by atoms with Crippen molar-refractivity contribution in [2.24, 2.45) is 7.05 Å². The van der Waals surface area contributed by atoms with Crippen LogP contribution in [0.3, 0.4) is 0 Å². The third-order valence-electron chi connectivity index (χ3n) is 4.79. The number of rotatable bonds is 4. The maximum absolute atomic E-state index is 11.9. The molecule has 2 aliphatic rings. The minimum absolute atomic E-state index is 0.210. The van der Waals surface area contributed by atoms with Crippen molar-refractivity contribution in [3.8, 4) is 0 Å². The van der Waals surface area contributed by atoms with Gasteiger partial charge in [0, 0.05) is 64.6 Å². The molecule has 21 heavy (non-hydrogen) atoms. The number of carbonyl (C=O) groups is 1. The van der Waals surface area contributed by atoms with E-state index in [0.717, 1.165) is 19.6 Å². The molecule has 3 rings (SSSR count). The van der Waals surface area contributed by atoms with Gasteiger partial charge in [0.15, 0.2) is 0 Å². The van der Waals surface area contributed by atoms with Crippen LogP contribution in [0.1, 0.15) is 18.4 Å². The van der Waals surface area contributed by atoms with E-state index < -0.39 is 0 Å². The fourth-order valence-electron chi connectivity index (χ4n) is 3.66. The van der Waals surface area contributed by atoms with E-state index in [2.05, 4.69) is 21.1 Å². The zero-order chi connectivity index (χ0) is 15.0. The number of amides is 1. The zero-order valence-electron chi connectivity index (χ0n) is 13.2. The van der Waals surface area contributed by atoms with Crippen LogP contribution >= 0.6 is 0 Å². The largest absolute Gasteiger partial charge is 0.348 e. The summed E-state index contributed by atoms with van der Waals surface area (Å²) in [4.78, 5) is 18.5. The second kappa shape index (κ2) is 5.77. The number of likely N-dealkylation sites (N-methyl/N-ethyl adjacent to an activating group) is 1. The van der Waals surface area contributed by atoms with E-state index in [-0.39, 0.29) is 5.91 Å². The zero-order valence-corrected chi connectivity index (χ0v) is 13.2. The highest BCUT2D eigenvalue weighted by Crippen LogP contribution is 2.32. The highest BCUT2D eigenvalue weighted by molar-refractivity contribution is 5.77. The van der Waals surface area contributed by atoms with E-state index in [0.29, 0.717) is 18.6 Å². The summed E-state index contributed by atoms with van der Waals surface area (Å²) in [7, 11) is 5.62. The molecule has 1 aromatic rings. The Morgan fingerprint density at radius 1 is 1.29 bits per heavy atom. The first-order chi connectivity index (χ1) is 10.0. The third-order valence-corrected chi connectivity index (χ3v) is 4.79. The Labute approximate surface area is 126 Å². The molecular formula is C15H25N5O. The molecule has 2 aliphatic heterocycles. The van der Waals surface area contributed by atoms with Crippen molar-refractivity contribution in [3.63, 3.8) is 0 Å². The number of aromatic nitrogens is 2. The molecular weight excluding hydrogens is 266 g/mol. The number of aryl methyl sites for hydroxylation is 1. The lowest BCUT2D eigenvalue weighted by atomic mass is 10.1. The van der Waals surface area contributed by atoms with Gasteiger partial charge in [0.05, 0.1) is 12.7 Å². The smallest absolute Gasteiger partial charge is 0.236 e. The van der Waals surface area contributed by atoms with Crippen molar-refractivity contribution in [3.05, 3.63) is 18.0 Å². The summed E-state index contributed by atoms with van der Waals surface area (Å²) in [6.07, 6.45) is 6.39. The topological polar surface area (TPSA) is 44.6 Å². The normalized spacial score (nSPS) is 26.2. The van der Waals surface area contributed by atoms with E-state index in [1.54, 1.807) is 4.90 Å². The number of fused-ring (bicyclic) bond motifs is 1. The van der Waals surface area contributed by atoms with Crippen LogP contribution in [-0.2, 0) is 18.4 Å². The van der Waals surface area contributed by atoms with Crippen molar-refractivity contribution in [1.29, 1.82) is 0 Å². The van der Waals surface area contributed by atoms with Crippen LogP contribution in [0.2, 0.25) is 0 Å². The highest BCUT2D eigenvalue weighted by atomic mass is 16.2. The number of nitrogens with zero attached hydrogens (tertiary/aromatic N) is 5. The molecule has 0 aromatic carbocycles. The van der Waals surface area contributed by atoms with Gasteiger partial charge >= 0.3 is 0 Å². The van der Waals surface area contributed by atoms with Gasteiger partial charge in [0.25, 0.3) is 0 Å². The Morgan fingerprint density at radius 3 is 2.57 bits per heavy atom. The molecule has 0 unspecified atom stereocenters. The standard InChI is InChI=1S/C15H25N5O/c1-17(2)15(21)11-20-7-5-13-14(20)4-6-19(13)10-12-8-16-18(3)9-12/h8-9,13-14H,4-7,10-11H2,1-3H3/t13-,14+/m0/s1. The average molecular weight is 291 g/mol. The lowest BCUT2D eigenvalue weighted by molar-refractivity contribution is -0.130. The Balaban J connectivity index is 1.60. The predicted molar refractivity (Wildman–Crippen MR) is 80.7 cm³/mol. The minimum atomic E-state index is 0.210. The van der Waals surface area contributed by atoms with Crippen LogP contribution in [0, 0.1) is 0 Å². The van der Waals surface area contributed by atoms with Gasteiger partial charge in [-0.2, -0.15) is 5.10 Å². The van der Waals surface area contributed by atoms with Gasteiger partial charge in [0.1, 0.15) is 0 Å². The van der Waals surface area contributed by atoms with Crippen LogP contribution in [-0.4, -0.2) is 76.2 Å². The summed E-state index contributed by atoms with van der Waals surface area (Å²) in [5.74, 6) is 0.210. The Morgan fingerprint density at radius 2 is 1.95 bits per heavy atom. The lowest BCUT2D eigenvalue weighted by Crippen LogP contribution is -2.41. The second-order valence-corrected chi connectivity index (χ2v) is 6.46. The van der Waals surface area contributed by atoms with E-state index >= 15 is 0 Å². The maximum atomic E-state index is 11.9. The summed E-state index contributed by atoms with van der Waals surface area (Å²) in [5, 5.41) is 4.25. The van der Waals surface area contributed by atoms with Gasteiger partial charge in [0.2, 0.25) is 5.91 Å². The van der Waals surface area contributed by atoms with E-state index in [1.807, 2.05) is 32.0 Å². The Kier molecular flexibility index (Phi) is 3.99. The number of hydrogen-bond acceptors (Lipinski definition) is 4.